The first-order valence-electron chi connectivity index (χ1n) is 8.29. The van der Waals surface area contributed by atoms with E-state index in [2.05, 4.69) is 22.1 Å². The van der Waals surface area contributed by atoms with Gasteiger partial charge in [0, 0.05) is 31.9 Å². The molecule has 3 aliphatic heterocycles. The molecule has 0 amide bonds. The lowest BCUT2D eigenvalue weighted by Gasteiger charge is -2.37. The molecule has 2 bridgehead atoms. The zero-order chi connectivity index (χ0) is 18.3. The summed E-state index contributed by atoms with van der Waals surface area (Å²) in [4.78, 5) is 27.9. The van der Waals surface area contributed by atoms with Crippen LogP contribution in [0, 0.1) is 0 Å². The second-order valence-corrected chi connectivity index (χ2v) is 8.42. The highest BCUT2D eigenvalue weighted by Gasteiger charge is 2.64. The molecule has 144 valence electrons. The van der Waals surface area contributed by atoms with Crippen LogP contribution in [0.3, 0.4) is 0 Å². The summed E-state index contributed by atoms with van der Waals surface area (Å²) in [6.07, 6.45) is -0.674. The molecule has 5 atom stereocenters. The van der Waals surface area contributed by atoms with Gasteiger partial charge in [-0.25, -0.2) is 4.79 Å². The van der Waals surface area contributed by atoms with Gasteiger partial charge in [0.25, 0.3) is 5.56 Å². The Morgan fingerprint density at radius 2 is 2.15 bits per heavy atom. The minimum Gasteiger partial charge on any atom is -0.379 e. The number of fused-ring (bicyclic) bond motifs is 2. The number of H-pyrrole nitrogens is 1. The Kier molecular flexibility index (Phi) is 5.13. The monoisotopic (exact) mass is 405 g/mol. The van der Waals surface area contributed by atoms with E-state index in [0.29, 0.717) is 19.8 Å². The van der Waals surface area contributed by atoms with E-state index >= 15 is 0 Å². The summed E-state index contributed by atoms with van der Waals surface area (Å²) < 4.78 is 35.9. The van der Waals surface area contributed by atoms with Gasteiger partial charge in [-0.05, 0) is 0 Å². The van der Waals surface area contributed by atoms with Crippen molar-refractivity contribution in [3.05, 3.63) is 33.1 Å². The second-order valence-electron chi connectivity index (χ2n) is 6.56. The summed E-state index contributed by atoms with van der Waals surface area (Å²) in [6, 6.07) is 1.24. The molecule has 10 nitrogen and oxygen atoms in total. The smallest absolute Gasteiger partial charge is 0.330 e. The van der Waals surface area contributed by atoms with Gasteiger partial charge in [0.1, 0.15) is 17.8 Å². The van der Waals surface area contributed by atoms with E-state index in [9.17, 15) is 14.2 Å². The van der Waals surface area contributed by atoms with Crippen LogP contribution >= 0.6 is 19.5 Å². The molecule has 1 N–H and O–H groups in total. The topological polar surface area (TPSA) is 112 Å². The number of hydrogen-bond acceptors (Lipinski definition) is 8. The van der Waals surface area contributed by atoms with Crippen molar-refractivity contribution in [1.82, 2.24) is 14.5 Å². The first-order valence-corrected chi connectivity index (χ1v) is 10.9. The Bertz CT molecular complexity index is 810. The van der Waals surface area contributed by atoms with E-state index < -0.39 is 42.5 Å². The normalized spacial score (nSPS) is 35.7. The number of nitrogens with one attached hydrogen (secondary N) is 1. The fraction of sp³-hybridized carbons (Fsp3) is 0.714. The summed E-state index contributed by atoms with van der Waals surface area (Å²) in [5.41, 5.74) is -1.96. The van der Waals surface area contributed by atoms with Gasteiger partial charge in [-0.3, -0.25) is 23.8 Å². The first-order chi connectivity index (χ1) is 12.5. The molecule has 4 rings (SSSR count). The highest BCUT2D eigenvalue weighted by molar-refractivity contribution is 8.39. The maximum absolute atomic E-state index is 12.2. The van der Waals surface area contributed by atoms with Crippen molar-refractivity contribution in [3.63, 3.8) is 0 Å². The molecule has 12 heteroatoms. The number of hydrogen-bond donors (Lipinski definition) is 2. The standard InChI is InChI=1S/C14H20N3O7PS/c18-9-1-2-17(13(19)15-9)12-10-11(24-25(20)26)14(23-12,8-22-10)7-16-3-5-21-6-4-16/h1-2,10-12,25H,3-8H2,(H,20,26)(H,15,18,19)/t10-,11?,12+,14-/m0/s1. The molecule has 0 aromatic carbocycles. The Balaban J connectivity index is 1.64. The lowest BCUT2D eigenvalue weighted by molar-refractivity contribution is -0.183. The minimum atomic E-state index is -2.55. The maximum Gasteiger partial charge on any atom is 0.330 e. The molecule has 1 aromatic heterocycles. The molecule has 4 heterocycles. The van der Waals surface area contributed by atoms with Crippen LogP contribution < -0.4 is 11.2 Å². The van der Waals surface area contributed by atoms with Crippen molar-refractivity contribution in [1.29, 1.82) is 0 Å². The van der Waals surface area contributed by atoms with Crippen LogP contribution in [0.5, 0.6) is 0 Å². The van der Waals surface area contributed by atoms with E-state index in [1.54, 1.807) is 0 Å². The first kappa shape index (κ1) is 18.4. The van der Waals surface area contributed by atoms with E-state index in [1.165, 1.54) is 16.8 Å². The Morgan fingerprint density at radius 1 is 1.38 bits per heavy atom. The van der Waals surface area contributed by atoms with Gasteiger partial charge in [-0.1, -0.05) is 12.2 Å². The van der Waals surface area contributed by atoms with Gasteiger partial charge >= 0.3 is 5.69 Å². The average molecular weight is 405 g/mol. The summed E-state index contributed by atoms with van der Waals surface area (Å²) in [7, 11) is -2.55. The van der Waals surface area contributed by atoms with Crippen LogP contribution in [-0.4, -0.2) is 71.7 Å². The minimum absolute atomic E-state index is 0.261. The number of rotatable bonds is 5. The number of aromatic amines is 1. The second kappa shape index (κ2) is 7.23. The molecular weight excluding hydrogens is 385 g/mol. The van der Waals surface area contributed by atoms with Crippen LogP contribution in [-0.2, 0) is 23.3 Å². The third-order valence-corrected chi connectivity index (χ3v) is 5.69. The number of morpholine rings is 1. The van der Waals surface area contributed by atoms with Crippen molar-refractivity contribution in [2.75, 3.05) is 39.5 Å². The summed E-state index contributed by atoms with van der Waals surface area (Å²) in [5, 5.41) is 0. The van der Waals surface area contributed by atoms with Crippen molar-refractivity contribution in [2.24, 2.45) is 0 Å². The molecule has 3 fully saturated rings. The van der Waals surface area contributed by atoms with Crippen LogP contribution in [0.2, 0.25) is 0 Å². The van der Waals surface area contributed by atoms with Gasteiger partial charge in [0.15, 0.2) is 6.23 Å². The third-order valence-electron chi connectivity index (χ3n) is 4.92. The molecule has 2 unspecified atom stereocenters. The number of aromatic nitrogens is 2. The molecule has 3 aliphatic rings. The number of ether oxygens (including phenoxy) is 3. The fourth-order valence-corrected chi connectivity index (χ4v) is 4.69. The summed E-state index contributed by atoms with van der Waals surface area (Å²) in [5.74, 6) is 0. The van der Waals surface area contributed by atoms with Gasteiger partial charge in [-0.2, -0.15) is 0 Å². The highest BCUT2D eigenvalue weighted by atomic mass is 32.7. The van der Waals surface area contributed by atoms with Crippen LogP contribution in [0.15, 0.2) is 21.9 Å². The van der Waals surface area contributed by atoms with E-state index in [4.69, 9.17) is 18.7 Å². The third kappa shape index (κ3) is 3.33. The van der Waals surface area contributed by atoms with Crippen LogP contribution in [0.1, 0.15) is 6.23 Å². The molecular formula is C14H20N3O7PS. The molecule has 3 saturated heterocycles. The molecule has 0 saturated carbocycles. The Hall–Kier alpha value is -0.940. The van der Waals surface area contributed by atoms with Gasteiger partial charge in [-0.15, -0.1) is 0 Å². The van der Waals surface area contributed by atoms with Gasteiger partial charge in [0.2, 0.25) is 7.23 Å². The molecule has 0 aliphatic carbocycles. The van der Waals surface area contributed by atoms with Crippen molar-refractivity contribution >= 4 is 19.5 Å². The van der Waals surface area contributed by atoms with Gasteiger partial charge < -0.3 is 18.7 Å². The van der Waals surface area contributed by atoms with Crippen molar-refractivity contribution in [3.8, 4) is 0 Å². The van der Waals surface area contributed by atoms with E-state index in [1.807, 2.05) is 0 Å². The molecule has 0 spiro atoms. The van der Waals surface area contributed by atoms with Crippen molar-refractivity contribution < 1.29 is 23.3 Å². The fourth-order valence-electron chi connectivity index (χ4n) is 3.78. The SMILES string of the molecule is O=c1ccn([C@@H]2O[C@@]3(CN4CCOCC4)CO[C@H]2C3O[PH](=O)S)c(=O)[nH]1. The molecule has 26 heavy (non-hydrogen) atoms. The highest BCUT2D eigenvalue weighted by Crippen LogP contribution is 2.50. The summed E-state index contributed by atoms with van der Waals surface area (Å²) in [6.45, 7) is 3.48. The zero-order valence-corrected chi connectivity index (χ0v) is 15.7. The van der Waals surface area contributed by atoms with Crippen molar-refractivity contribution in [2.45, 2.75) is 24.0 Å². The lowest BCUT2D eigenvalue weighted by Crippen LogP contribution is -2.53. The Morgan fingerprint density at radius 3 is 2.85 bits per heavy atom. The summed E-state index contributed by atoms with van der Waals surface area (Å²) >= 11 is 3.90. The predicted molar refractivity (Wildman–Crippen MR) is 94.0 cm³/mol. The number of nitrogens with zero attached hydrogens (tertiary/aromatic N) is 2. The quantitative estimate of drug-likeness (QED) is 0.486. The number of thiol groups is 1. The zero-order valence-electron chi connectivity index (χ0n) is 13.8. The van der Waals surface area contributed by atoms with E-state index in [-0.39, 0.29) is 6.61 Å². The molecule has 1 aromatic rings. The van der Waals surface area contributed by atoms with Crippen LogP contribution in [0.25, 0.3) is 0 Å². The van der Waals surface area contributed by atoms with Crippen LogP contribution in [0.4, 0.5) is 0 Å². The van der Waals surface area contributed by atoms with E-state index in [0.717, 1.165) is 13.1 Å². The van der Waals surface area contributed by atoms with Gasteiger partial charge in [0.05, 0.1) is 19.8 Å². The maximum atomic E-state index is 12.2. The lowest BCUT2D eigenvalue weighted by atomic mass is 9.98. The predicted octanol–water partition coefficient (Wildman–Crippen LogP) is -0.760. The average Bonchev–Trinajstić information content (AvgIpc) is 3.06. The molecule has 0 radical (unpaired) electrons. The Labute approximate surface area is 154 Å². The largest absolute Gasteiger partial charge is 0.379 e.